The highest BCUT2D eigenvalue weighted by molar-refractivity contribution is 5.91. The number of anilines is 1. The number of amides is 1. The summed E-state index contributed by atoms with van der Waals surface area (Å²) in [5.41, 5.74) is 1.57. The Bertz CT molecular complexity index is 867. The summed E-state index contributed by atoms with van der Waals surface area (Å²) in [6, 6.07) is 11.1. The Morgan fingerprint density at radius 2 is 2.08 bits per heavy atom. The predicted octanol–water partition coefficient (Wildman–Crippen LogP) is 2.85. The molecule has 0 saturated carbocycles. The first-order valence-corrected chi connectivity index (χ1v) is 8.63. The molecule has 4 rings (SSSR count). The Hall–Kier alpha value is -3.22. The van der Waals surface area contributed by atoms with Gasteiger partial charge in [0.25, 0.3) is 5.91 Å². The van der Waals surface area contributed by atoms with E-state index in [9.17, 15) is 4.79 Å². The lowest BCUT2D eigenvalue weighted by Gasteiger charge is -2.32. The van der Waals surface area contributed by atoms with Crippen LogP contribution in [0.4, 0.5) is 5.95 Å². The van der Waals surface area contributed by atoms with Crippen LogP contribution in [0.25, 0.3) is 11.4 Å². The van der Waals surface area contributed by atoms with Crippen LogP contribution in [0.5, 0.6) is 0 Å². The second kappa shape index (κ2) is 7.35. The van der Waals surface area contributed by atoms with Crippen LogP contribution >= 0.6 is 0 Å². The molecule has 1 N–H and O–H groups in total. The van der Waals surface area contributed by atoms with E-state index in [-0.39, 0.29) is 11.9 Å². The Labute approximate surface area is 151 Å². The van der Waals surface area contributed by atoms with Gasteiger partial charge in [-0.3, -0.25) is 9.78 Å². The molecule has 1 fully saturated rings. The standard InChI is InChI=1S/C19H19N5O2/c25-18(17-7-4-12-26-17)24-11-3-5-14(13-24)22-19-21-10-8-16(23-19)15-6-1-2-9-20-15/h1-2,4,6-10,12,14H,3,5,11,13H2,(H,21,22,23)/t14-/m1/s1. The number of pyridine rings is 1. The summed E-state index contributed by atoms with van der Waals surface area (Å²) in [4.78, 5) is 27.4. The summed E-state index contributed by atoms with van der Waals surface area (Å²) >= 11 is 0. The summed E-state index contributed by atoms with van der Waals surface area (Å²) in [5.74, 6) is 0.842. The first kappa shape index (κ1) is 16.3. The highest BCUT2D eigenvalue weighted by Crippen LogP contribution is 2.18. The highest BCUT2D eigenvalue weighted by atomic mass is 16.3. The van der Waals surface area contributed by atoms with E-state index < -0.39 is 0 Å². The highest BCUT2D eigenvalue weighted by Gasteiger charge is 2.26. The van der Waals surface area contributed by atoms with Crippen LogP contribution in [0.15, 0.2) is 59.5 Å². The van der Waals surface area contributed by atoms with Gasteiger partial charge in [0.15, 0.2) is 5.76 Å². The fraction of sp³-hybridized carbons (Fsp3) is 0.263. The van der Waals surface area contributed by atoms with E-state index in [4.69, 9.17) is 4.42 Å². The molecule has 0 aromatic carbocycles. The number of piperidine rings is 1. The molecule has 3 aromatic heterocycles. The molecule has 0 unspecified atom stereocenters. The molecule has 1 atom stereocenters. The third-order valence-corrected chi connectivity index (χ3v) is 4.36. The van der Waals surface area contributed by atoms with Crippen LogP contribution in [-0.4, -0.2) is 44.9 Å². The fourth-order valence-electron chi connectivity index (χ4n) is 3.10. The van der Waals surface area contributed by atoms with Crippen molar-refractivity contribution in [3.8, 4) is 11.4 Å². The molecule has 7 nitrogen and oxygen atoms in total. The maximum Gasteiger partial charge on any atom is 0.289 e. The van der Waals surface area contributed by atoms with Gasteiger partial charge in [0.2, 0.25) is 5.95 Å². The van der Waals surface area contributed by atoms with Crippen molar-refractivity contribution in [3.05, 3.63) is 60.8 Å². The van der Waals surface area contributed by atoms with Crippen LogP contribution < -0.4 is 5.32 Å². The van der Waals surface area contributed by atoms with Gasteiger partial charge in [0, 0.05) is 31.5 Å². The van der Waals surface area contributed by atoms with E-state index in [0.717, 1.165) is 30.8 Å². The zero-order valence-electron chi connectivity index (χ0n) is 14.2. The molecule has 1 saturated heterocycles. The van der Waals surface area contributed by atoms with Crippen molar-refractivity contribution in [1.29, 1.82) is 0 Å². The fourth-order valence-corrected chi connectivity index (χ4v) is 3.10. The Kier molecular flexibility index (Phi) is 4.59. The molecule has 4 heterocycles. The van der Waals surface area contributed by atoms with Gasteiger partial charge in [-0.2, -0.15) is 0 Å². The minimum absolute atomic E-state index is 0.0790. The van der Waals surface area contributed by atoms with Gasteiger partial charge in [-0.05, 0) is 43.2 Å². The van der Waals surface area contributed by atoms with Crippen molar-refractivity contribution in [2.24, 2.45) is 0 Å². The van der Waals surface area contributed by atoms with Crippen LogP contribution in [0.2, 0.25) is 0 Å². The maximum atomic E-state index is 12.5. The monoisotopic (exact) mass is 349 g/mol. The SMILES string of the molecule is O=C(c1ccco1)N1CCC[C@@H](Nc2nccc(-c3ccccn3)n2)C1. The molecule has 0 spiro atoms. The third kappa shape index (κ3) is 3.56. The van der Waals surface area contributed by atoms with E-state index in [2.05, 4.69) is 20.3 Å². The minimum Gasteiger partial charge on any atom is -0.459 e. The van der Waals surface area contributed by atoms with Crippen molar-refractivity contribution in [2.45, 2.75) is 18.9 Å². The normalized spacial score (nSPS) is 17.1. The van der Waals surface area contributed by atoms with Gasteiger partial charge >= 0.3 is 0 Å². The summed E-state index contributed by atoms with van der Waals surface area (Å²) in [5, 5.41) is 3.35. The predicted molar refractivity (Wildman–Crippen MR) is 96.5 cm³/mol. The molecule has 7 heteroatoms. The number of hydrogen-bond acceptors (Lipinski definition) is 6. The zero-order chi connectivity index (χ0) is 17.8. The molecule has 26 heavy (non-hydrogen) atoms. The lowest BCUT2D eigenvalue weighted by Crippen LogP contribution is -2.45. The van der Waals surface area contributed by atoms with Gasteiger partial charge < -0.3 is 14.6 Å². The van der Waals surface area contributed by atoms with Crippen molar-refractivity contribution < 1.29 is 9.21 Å². The lowest BCUT2D eigenvalue weighted by molar-refractivity contribution is 0.0682. The Morgan fingerprint density at radius 3 is 2.88 bits per heavy atom. The van der Waals surface area contributed by atoms with Crippen molar-refractivity contribution in [3.63, 3.8) is 0 Å². The van der Waals surface area contributed by atoms with Crippen molar-refractivity contribution >= 4 is 11.9 Å². The van der Waals surface area contributed by atoms with E-state index in [1.54, 1.807) is 24.5 Å². The van der Waals surface area contributed by atoms with Crippen LogP contribution in [0, 0.1) is 0 Å². The molecule has 132 valence electrons. The molecule has 1 amide bonds. The molecule has 0 bridgehead atoms. The second-order valence-corrected chi connectivity index (χ2v) is 6.19. The number of hydrogen-bond donors (Lipinski definition) is 1. The first-order chi connectivity index (χ1) is 12.8. The average Bonchev–Trinajstić information content (AvgIpc) is 3.23. The molecule has 1 aliphatic heterocycles. The number of likely N-dealkylation sites (tertiary alicyclic amines) is 1. The van der Waals surface area contributed by atoms with E-state index in [1.807, 2.05) is 29.2 Å². The van der Waals surface area contributed by atoms with Crippen LogP contribution in [0.1, 0.15) is 23.4 Å². The third-order valence-electron chi connectivity index (χ3n) is 4.36. The van der Waals surface area contributed by atoms with Crippen LogP contribution in [0.3, 0.4) is 0 Å². The molecular formula is C19H19N5O2. The van der Waals surface area contributed by atoms with E-state index in [1.165, 1.54) is 6.26 Å². The number of aromatic nitrogens is 3. The maximum absolute atomic E-state index is 12.5. The Balaban J connectivity index is 1.45. The van der Waals surface area contributed by atoms with Crippen molar-refractivity contribution in [2.75, 3.05) is 18.4 Å². The number of carbonyl (C=O) groups is 1. The summed E-state index contributed by atoms with van der Waals surface area (Å²) in [7, 11) is 0. The number of nitrogens with zero attached hydrogens (tertiary/aromatic N) is 4. The number of carbonyl (C=O) groups excluding carboxylic acids is 1. The lowest BCUT2D eigenvalue weighted by atomic mass is 10.1. The largest absolute Gasteiger partial charge is 0.459 e. The van der Waals surface area contributed by atoms with Gasteiger partial charge in [-0.25, -0.2) is 9.97 Å². The molecule has 3 aromatic rings. The van der Waals surface area contributed by atoms with Crippen molar-refractivity contribution in [1.82, 2.24) is 19.9 Å². The average molecular weight is 349 g/mol. The van der Waals surface area contributed by atoms with Gasteiger partial charge in [0.1, 0.15) is 0 Å². The van der Waals surface area contributed by atoms with Gasteiger partial charge in [0.05, 0.1) is 17.7 Å². The summed E-state index contributed by atoms with van der Waals surface area (Å²) < 4.78 is 5.22. The number of rotatable bonds is 4. The number of nitrogens with one attached hydrogen (secondary N) is 1. The topological polar surface area (TPSA) is 84.2 Å². The van der Waals surface area contributed by atoms with E-state index >= 15 is 0 Å². The smallest absolute Gasteiger partial charge is 0.289 e. The minimum atomic E-state index is -0.0790. The van der Waals surface area contributed by atoms with E-state index in [0.29, 0.717) is 18.3 Å². The molecular weight excluding hydrogens is 330 g/mol. The zero-order valence-corrected chi connectivity index (χ0v) is 14.2. The van der Waals surface area contributed by atoms with Crippen LogP contribution in [-0.2, 0) is 0 Å². The molecule has 0 aliphatic carbocycles. The quantitative estimate of drug-likeness (QED) is 0.780. The molecule has 1 aliphatic rings. The first-order valence-electron chi connectivity index (χ1n) is 8.63. The van der Waals surface area contributed by atoms with Gasteiger partial charge in [-0.15, -0.1) is 0 Å². The Morgan fingerprint density at radius 1 is 1.12 bits per heavy atom. The summed E-state index contributed by atoms with van der Waals surface area (Å²) in [6.45, 7) is 1.32. The number of furan rings is 1. The second-order valence-electron chi connectivity index (χ2n) is 6.19. The molecule has 0 radical (unpaired) electrons. The van der Waals surface area contributed by atoms with Gasteiger partial charge in [-0.1, -0.05) is 6.07 Å². The summed E-state index contributed by atoms with van der Waals surface area (Å²) in [6.07, 6.45) is 6.85.